The smallest absolute Gasteiger partial charge is 0.350 e. The van der Waals surface area contributed by atoms with Crippen LogP contribution in [0.1, 0.15) is 38.5 Å². The van der Waals surface area contributed by atoms with Gasteiger partial charge < -0.3 is 14.3 Å². The van der Waals surface area contributed by atoms with Gasteiger partial charge in [0.05, 0.1) is 18.4 Å². The van der Waals surface area contributed by atoms with E-state index >= 15 is 0 Å². The summed E-state index contributed by atoms with van der Waals surface area (Å²) in [6, 6.07) is 10.8. The van der Waals surface area contributed by atoms with Crippen molar-refractivity contribution in [2.45, 2.75) is 19.9 Å². The second-order valence-electron chi connectivity index (χ2n) is 6.89. The van der Waals surface area contributed by atoms with Gasteiger partial charge in [-0.3, -0.25) is 14.5 Å². The Morgan fingerprint density at radius 2 is 1.87 bits per heavy atom. The number of nitrogens with zero attached hydrogens (tertiary/aromatic N) is 2. The first-order valence-corrected chi connectivity index (χ1v) is 10.1. The van der Waals surface area contributed by atoms with Crippen LogP contribution in [-0.2, 0) is 14.3 Å². The lowest BCUT2D eigenvalue weighted by Gasteiger charge is -2.20. The SMILES string of the molecule is COC(=O)c1sc(N2C(=O)C(=O)/C(=C(/O)c3ccccc3)C2c2ccc(C)o2)nc1C. The van der Waals surface area contributed by atoms with Gasteiger partial charge in [0.2, 0.25) is 0 Å². The largest absolute Gasteiger partial charge is 0.507 e. The van der Waals surface area contributed by atoms with Crippen LogP contribution in [0.15, 0.2) is 52.5 Å². The van der Waals surface area contributed by atoms with Gasteiger partial charge in [-0.15, -0.1) is 0 Å². The Hall–Kier alpha value is -3.72. The van der Waals surface area contributed by atoms with Crippen molar-refractivity contribution in [3.63, 3.8) is 0 Å². The minimum Gasteiger partial charge on any atom is -0.507 e. The summed E-state index contributed by atoms with van der Waals surface area (Å²) in [7, 11) is 1.25. The quantitative estimate of drug-likeness (QED) is 0.286. The van der Waals surface area contributed by atoms with Crippen LogP contribution in [-0.4, -0.2) is 34.9 Å². The summed E-state index contributed by atoms with van der Waals surface area (Å²) in [5.74, 6) is -1.78. The molecule has 0 spiro atoms. The van der Waals surface area contributed by atoms with Gasteiger partial charge in [-0.2, -0.15) is 0 Å². The Labute approximate surface area is 181 Å². The number of amides is 1. The molecular formula is C22H18N2O6S. The molecule has 1 fully saturated rings. The van der Waals surface area contributed by atoms with Gasteiger partial charge in [0.15, 0.2) is 5.13 Å². The van der Waals surface area contributed by atoms with Gasteiger partial charge in [-0.05, 0) is 26.0 Å². The number of hydrogen-bond acceptors (Lipinski definition) is 8. The number of rotatable bonds is 4. The monoisotopic (exact) mass is 438 g/mol. The molecule has 3 heterocycles. The lowest BCUT2D eigenvalue weighted by atomic mass is 9.99. The fourth-order valence-corrected chi connectivity index (χ4v) is 4.43. The summed E-state index contributed by atoms with van der Waals surface area (Å²) in [4.78, 5) is 43.8. The number of methoxy groups -OCH3 is 1. The zero-order chi connectivity index (χ0) is 22.3. The second-order valence-corrected chi connectivity index (χ2v) is 7.86. The fraction of sp³-hybridized carbons (Fsp3) is 0.182. The predicted octanol–water partition coefficient (Wildman–Crippen LogP) is 3.77. The van der Waals surface area contributed by atoms with Crippen LogP contribution in [0.25, 0.3) is 5.76 Å². The minimum absolute atomic E-state index is 0.113. The molecule has 0 bridgehead atoms. The van der Waals surface area contributed by atoms with Crippen molar-refractivity contribution in [1.82, 2.24) is 4.98 Å². The standard InChI is InChI=1S/C22H18N2O6S/c1-11-9-10-14(30-11)16-15(17(25)13-7-5-4-6-8-13)18(26)20(27)24(16)22-23-12(2)19(31-22)21(28)29-3/h4-10,16,25H,1-3H3/b17-15+. The normalized spacial score (nSPS) is 17.9. The third kappa shape index (κ3) is 3.42. The highest BCUT2D eigenvalue weighted by molar-refractivity contribution is 7.17. The van der Waals surface area contributed by atoms with Gasteiger partial charge in [-0.1, -0.05) is 41.7 Å². The highest BCUT2D eigenvalue weighted by atomic mass is 32.1. The molecule has 1 unspecified atom stereocenters. The van der Waals surface area contributed by atoms with E-state index in [0.717, 1.165) is 16.2 Å². The molecule has 1 aliphatic heterocycles. The molecule has 1 atom stereocenters. The number of Topliss-reactive ketones (excluding diaryl/α,β-unsaturated/α-hetero) is 1. The number of ketones is 1. The van der Waals surface area contributed by atoms with E-state index in [1.165, 1.54) is 7.11 Å². The first-order valence-electron chi connectivity index (χ1n) is 9.32. The minimum atomic E-state index is -1.04. The summed E-state index contributed by atoms with van der Waals surface area (Å²) in [5, 5.41) is 11.1. The average molecular weight is 438 g/mol. The Bertz CT molecular complexity index is 1220. The Balaban J connectivity index is 1.92. The third-order valence-corrected chi connectivity index (χ3v) is 6.02. The number of carbonyl (C=O) groups excluding carboxylic acids is 3. The number of anilines is 1. The van der Waals surface area contributed by atoms with Crippen LogP contribution in [0.3, 0.4) is 0 Å². The summed E-state index contributed by atoms with van der Waals surface area (Å²) in [5.41, 5.74) is 0.642. The molecule has 9 heteroatoms. The molecule has 0 radical (unpaired) electrons. The zero-order valence-electron chi connectivity index (χ0n) is 16.9. The van der Waals surface area contributed by atoms with Gasteiger partial charge >= 0.3 is 11.9 Å². The fourth-order valence-electron chi connectivity index (χ4n) is 3.42. The molecule has 3 aromatic rings. The molecule has 0 aliphatic carbocycles. The van der Waals surface area contributed by atoms with Crippen LogP contribution in [0.5, 0.6) is 0 Å². The van der Waals surface area contributed by atoms with E-state index in [1.807, 2.05) is 0 Å². The number of aromatic nitrogens is 1. The first kappa shape index (κ1) is 20.5. The lowest BCUT2D eigenvalue weighted by molar-refractivity contribution is -0.132. The number of benzene rings is 1. The van der Waals surface area contributed by atoms with Gasteiger partial charge in [-0.25, -0.2) is 9.78 Å². The molecule has 0 saturated carbocycles. The van der Waals surface area contributed by atoms with Crippen LogP contribution < -0.4 is 4.90 Å². The molecule has 1 aliphatic rings. The Kier molecular flexibility index (Phi) is 5.20. The van der Waals surface area contributed by atoms with Crippen LogP contribution in [0.2, 0.25) is 0 Å². The predicted molar refractivity (Wildman–Crippen MR) is 113 cm³/mol. The number of thiazole rings is 1. The molecule has 1 amide bonds. The number of aliphatic hydroxyl groups excluding tert-OH is 1. The summed E-state index contributed by atoms with van der Waals surface area (Å²) in [6.07, 6.45) is 0. The van der Waals surface area contributed by atoms with Crippen molar-refractivity contribution in [2.75, 3.05) is 12.0 Å². The number of esters is 1. The summed E-state index contributed by atoms with van der Waals surface area (Å²) in [6.45, 7) is 3.34. The van der Waals surface area contributed by atoms with Crippen molar-refractivity contribution < 1.29 is 28.6 Å². The van der Waals surface area contributed by atoms with Gasteiger partial charge in [0.1, 0.15) is 28.2 Å². The molecule has 4 rings (SSSR count). The Morgan fingerprint density at radius 1 is 1.16 bits per heavy atom. The number of furan rings is 1. The van der Waals surface area contributed by atoms with Crippen LogP contribution in [0, 0.1) is 13.8 Å². The van der Waals surface area contributed by atoms with E-state index in [9.17, 15) is 19.5 Å². The van der Waals surface area contributed by atoms with Crippen LogP contribution in [0.4, 0.5) is 5.13 Å². The highest BCUT2D eigenvalue weighted by Crippen LogP contribution is 2.44. The molecule has 2 aromatic heterocycles. The highest BCUT2D eigenvalue weighted by Gasteiger charge is 2.49. The van der Waals surface area contributed by atoms with Gasteiger partial charge in [0, 0.05) is 5.56 Å². The van der Waals surface area contributed by atoms with Crippen molar-refractivity contribution in [3.8, 4) is 0 Å². The zero-order valence-corrected chi connectivity index (χ0v) is 17.7. The number of carbonyl (C=O) groups is 3. The lowest BCUT2D eigenvalue weighted by Crippen LogP contribution is -2.29. The molecular weight excluding hydrogens is 420 g/mol. The van der Waals surface area contributed by atoms with E-state index in [-0.39, 0.29) is 21.3 Å². The number of hydrogen-bond donors (Lipinski definition) is 1. The van der Waals surface area contributed by atoms with E-state index in [1.54, 1.807) is 56.3 Å². The molecule has 1 N–H and O–H groups in total. The summed E-state index contributed by atoms with van der Waals surface area (Å²) >= 11 is 0.931. The molecule has 1 saturated heterocycles. The van der Waals surface area contributed by atoms with E-state index in [4.69, 9.17) is 9.15 Å². The number of ether oxygens (including phenoxy) is 1. The van der Waals surface area contributed by atoms with Gasteiger partial charge in [0.25, 0.3) is 5.78 Å². The van der Waals surface area contributed by atoms with E-state index in [0.29, 0.717) is 22.8 Å². The van der Waals surface area contributed by atoms with Crippen molar-refractivity contribution in [2.24, 2.45) is 0 Å². The molecule has 31 heavy (non-hydrogen) atoms. The molecule has 8 nitrogen and oxygen atoms in total. The molecule has 1 aromatic carbocycles. The van der Waals surface area contributed by atoms with Crippen molar-refractivity contribution >= 4 is 39.9 Å². The molecule has 158 valence electrons. The van der Waals surface area contributed by atoms with Crippen LogP contribution >= 0.6 is 11.3 Å². The average Bonchev–Trinajstić information content (AvgIpc) is 3.44. The van der Waals surface area contributed by atoms with Crippen molar-refractivity contribution in [1.29, 1.82) is 0 Å². The van der Waals surface area contributed by atoms with Crippen molar-refractivity contribution in [3.05, 3.63) is 75.7 Å². The maximum atomic E-state index is 13.0. The third-order valence-electron chi connectivity index (χ3n) is 4.88. The first-order chi connectivity index (χ1) is 14.8. The Morgan fingerprint density at radius 3 is 2.48 bits per heavy atom. The van der Waals surface area contributed by atoms with E-state index < -0.39 is 23.7 Å². The number of aryl methyl sites for hydroxylation is 2. The van der Waals surface area contributed by atoms with E-state index in [2.05, 4.69) is 4.98 Å². The topological polar surface area (TPSA) is 110 Å². The maximum absolute atomic E-state index is 13.0. The maximum Gasteiger partial charge on any atom is 0.350 e. The second kappa shape index (κ2) is 7.84. The summed E-state index contributed by atoms with van der Waals surface area (Å²) < 4.78 is 10.5. The number of aliphatic hydroxyl groups is 1.